The molecule has 1 atom stereocenters. The average molecular weight is 331 g/mol. The molecule has 0 bridgehead atoms. The Kier molecular flexibility index (Phi) is 6.18. The SMILES string of the molecule is CC[C@@H](C)Oc1ccc(/C=N\NC(=O)c2ccccc2)cc1Cl. The highest BCUT2D eigenvalue weighted by Crippen LogP contribution is 2.26. The number of ether oxygens (including phenoxy) is 1. The molecular formula is C18H19ClN2O2. The van der Waals surface area contributed by atoms with E-state index in [-0.39, 0.29) is 12.0 Å². The first kappa shape index (κ1) is 17.0. The second kappa shape index (κ2) is 8.34. The molecule has 0 unspecified atom stereocenters. The van der Waals surface area contributed by atoms with Crippen molar-refractivity contribution in [3.8, 4) is 5.75 Å². The van der Waals surface area contributed by atoms with Crippen LogP contribution in [0.25, 0.3) is 0 Å². The molecule has 5 heteroatoms. The summed E-state index contributed by atoms with van der Waals surface area (Å²) in [5.74, 6) is 0.385. The molecule has 0 aliphatic heterocycles. The number of carbonyl (C=O) groups excluding carboxylic acids is 1. The maximum absolute atomic E-state index is 11.8. The van der Waals surface area contributed by atoms with E-state index < -0.39 is 0 Å². The monoisotopic (exact) mass is 330 g/mol. The molecule has 0 fully saturated rings. The first-order chi connectivity index (χ1) is 11.1. The zero-order chi connectivity index (χ0) is 16.7. The maximum Gasteiger partial charge on any atom is 0.271 e. The van der Waals surface area contributed by atoms with Crippen LogP contribution in [0.2, 0.25) is 5.02 Å². The molecule has 2 aromatic rings. The smallest absolute Gasteiger partial charge is 0.271 e. The summed E-state index contributed by atoms with van der Waals surface area (Å²) >= 11 is 6.19. The lowest BCUT2D eigenvalue weighted by atomic mass is 10.2. The highest BCUT2D eigenvalue weighted by molar-refractivity contribution is 6.32. The van der Waals surface area contributed by atoms with Crippen LogP contribution in [0.1, 0.15) is 36.2 Å². The Balaban J connectivity index is 1.97. The van der Waals surface area contributed by atoms with E-state index in [1.54, 1.807) is 42.6 Å². The molecule has 0 aliphatic carbocycles. The van der Waals surface area contributed by atoms with Crippen LogP contribution in [-0.2, 0) is 0 Å². The van der Waals surface area contributed by atoms with Crippen LogP contribution >= 0.6 is 11.6 Å². The second-order valence-corrected chi connectivity index (χ2v) is 5.50. The van der Waals surface area contributed by atoms with Crippen LogP contribution in [0.3, 0.4) is 0 Å². The minimum atomic E-state index is -0.260. The third-order valence-electron chi connectivity index (χ3n) is 3.27. The van der Waals surface area contributed by atoms with Crippen molar-refractivity contribution in [3.05, 3.63) is 64.7 Å². The van der Waals surface area contributed by atoms with Crippen molar-refractivity contribution in [2.45, 2.75) is 26.4 Å². The number of nitrogens with zero attached hydrogens (tertiary/aromatic N) is 1. The molecule has 2 aromatic carbocycles. The zero-order valence-electron chi connectivity index (χ0n) is 13.1. The maximum atomic E-state index is 11.8. The van der Waals surface area contributed by atoms with Gasteiger partial charge >= 0.3 is 0 Å². The Labute approximate surface area is 141 Å². The molecule has 23 heavy (non-hydrogen) atoms. The highest BCUT2D eigenvalue weighted by Gasteiger charge is 2.06. The fourth-order valence-corrected chi connectivity index (χ4v) is 2.05. The van der Waals surface area contributed by atoms with Crippen molar-refractivity contribution in [1.29, 1.82) is 0 Å². The van der Waals surface area contributed by atoms with Gasteiger partial charge in [0.25, 0.3) is 5.91 Å². The molecule has 120 valence electrons. The largest absolute Gasteiger partial charge is 0.489 e. The van der Waals surface area contributed by atoms with E-state index in [9.17, 15) is 4.79 Å². The Hall–Kier alpha value is -2.33. The third kappa shape index (κ3) is 5.11. The van der Waals surface area contributed by atoms with Gasteiger partial charge < -0.3 is 4.74 Å². The summed E-state index contributed by atoms with van der Waals surface area (Å²) < 4.78 is 5.70. The minimum Gasteiger partial charge on any atom is -0.489 e. The van der Waals surface area contributed by atoms with Gasteiger partial charge in [0.2, 0.25) is 0 Å². The van der Waals surface area contributed by atoms with Crippen LogP contribution in [0.5, 0.6) is 5.75 Å². The summed E-state index contributed by atoms with van der Waals surface area (Å²) in [6.45, 7) is 4.04. The molecule has 1 amide bonds. The van der Waals surface area contributed by atoms with Crippen LogP contribution in [0, 0.1) is 0 Å². The number of halogens is 1. The second-order valence-electron chi connectivity index (χ2n) is 5.09. The summed E-state index contributed by atoms with van der Waals surface area (Å²) in [6.07, 6.45) is 2.56. The van der Waals surface area contributed by atoms with Crippen molar-refractivity contribution in [1.82, 2.24) is 5.43 Å². The molecule has 0 saturated heterocycles. The number of rotatable bonds is 6. The fourth-order valence-electron chi connectivity index (χ4n) is 1.81. The molecule has 0 spiro atoms. The molecule has 0 aliphatic rings. The van der Waals surface area contributed by atoms with Gasteiger partial charge in [0.15, 0.2) is 0 Å². The van der Waals surface area contributed by atoms with Crippen LogP contribution in [0.4, 0.5) is 0 Å². The molecule has 0 aromatic heterocycles. The number of hydrazone groups is 1. The molecule has 0 heterocycles. The van der Waals surface area contributed by atoms with E-state index in [1.165, 1.54) is 0 Å². The first-order valence-corrected chi connectivity index (χ1v) is 7.82. The predicted molar refractivity (Wildman–Crippen MR) is 93.3 cm³/mol. The summed E-state index contributed by atoms with van der Waals surface area (Å²) in [6, 6.07) is 14.3. The lowest BCUT2D eigenvalue weighted by Crippen LogP contribution is -2.17. The van der Waals surface area contributed by atoms with Crippen molar-refractivity contribution < 1.29 is 9.53 Å². The highest BCUT2D eigenvalue weighted by atomic mass is 35.5. The zero-order valence-corrected chi connectivity index (χ0v) is 13.9. The summed E-state index contributed by atoms with van der Waals surface area (Å²) in [4.78, 5) is 11.8. The van der Waals surface area contributed by atoms with E-state index in [1.807, 2.05) is 19.1 Å². The average Bonchev–Trinajstić information content (AvgIpc) is 2.57. The predicted octanol–water partition coefficient (Wildman–Crippen LogP) is 4.28. The Morgan fingerprint density at radius 1 is 1.30 bits per heavy atom. The van der Waals surface area contributed by atoms with Gasteiger partial charge in [-0.05, 0) is 49.2 Å². The van der Waals surface area contributed by atoms with Crippen molar-refractivity contribution >= 4 is 23.7 Å². The molecule has 2 rings (SSSR count). The van der Waals surface area contributed by atoms with Gasteiger partial charge in [0.1, 0.15) is 5.75 Å². The van der Waals surface area contributed by atoms with E-state index in [0.717, 1.165) is 12.0 Å². The number of carbonyl (C=O) groups is 1. The van der Waals surface area contributed by atoms with E-state index >= 15 is 0 Å². The van der Waals surface area contributed by atoms with Crippen molar-refractivity contribution in [2.75, 3.05) is 0 Å². The summed E-state index contributed by atoms with van der Waals surface area (Å²) in [7, 11) is 0. The van der Waals surface area contributed by atoms with Crippen LogP contribution in [0.15, 0.2) is 53.6 Å². The van der Waals surface area contributed by atoms with Gasteiger partial charge in [-0.2, -0.15) is 5.10 Å². The van der Waals surface area contributed by atoms with Crippen molar-refractivity contribution in [2.24, 2.45) is 5.10 Å². The van der Waals surface area contributed by atoms with Gasteiger partial charge in [-0.25, -0.2) is 5.43 Å². The molecule has 4 nitrogen and oxygen atoms in total. The third-order valence-corrected chi connectivity index (χ3v) is 3.57. The molecule has 1 N–H and O–H groups in total. The quantitative estimate of drug-likeness (QED) is 0.634. The summed E-state index contributed by atoms with van der Waals surface area (Å²) in [5, 5.41) is 4.46. The number of amides is 1. The van der Waals surface area contributed by atoms with Gasteiger partial charge in [0, 0.05) is 5.56 Å². The number of nitrogens with one attached hydrogen (secondary N) is 1. The summed E-state index contributed by atoms with van der Waals surface area (Å²) in [5.41, 5.74) is 3.81. The molecular weight excluding hydrogens is 312 g/mol. The van der Waals surface area contributed by atoms with E-state index in [0.29, 0.717) is 16.3 Å². The number of benzene rings is 2. The van der Waals surface area contributed by atoms with Gasteiger partial charge in [-0.15, -0.1) is 0 Å². The fraction of sp³-hybridized carbons (Fsp3) is 0.222. The van der Waals surface area contributed by atoms with E-state index in [2.05, 4.69) is 17.5 Å². The van der Waals surface area contributed by atoms with Gasteiger partial charge in [-0.1, -0.05) is 36.7 Å². The number of hydrogen-bond donors (Lipinski definition) is 1. The van der Waals surface area contributed by atoms with Gasteiger partial charge in [-0.3, -0.25) is 4.79 Å². The van der Waals surface area contributed by atoms with Crippen molar-refractivity contribution in [3.63, 3.8) is 0 Å². The normalized spacial score (nSPS) is 12.1. The Morgan fingerprint density at radius 3 is 2.70 bits per heavy atom. The topological polar surface area (TPSA) is 50.7 Å². The lowest BCUT2D eigenvalue weighted by Gasteiger charge is -2.13. The van der Waals surface area contributed by atoms with Gasteiger partial charge in [0.05, 0.1) is 17.3 Å². The number of hydrogen-bond acceptors (Lipinski definition) is 3. The first-order valence-electron chi connectivity index (χ1n) is 7.44. The molecule has 0 saturated carbocycles. The Morgan fingerprint density at radius 2 is 2.04 bits per heavy atom. The molecule has 0 radical (unpaired) electrons. The Bertz CT molecular complexity index is 687. The lowest BCUT2D eigenvalue weighted by molar-refractivity contribution is 0.0955. The standard InChI is InChI=1S/C18H19ClN2O2/c1-3-13(2)23-17-10-9-14(11-16(17)19)12-20-21-18(22)15-7-5-4-6-8-15/h4-13H,3H2,1-2H3,(H,21,22)/b20-12-/t13-/m1/s1. The van der Waals surface area contributed by atoms with E-state index in [4.69, 9.17) is 16.3 Å². The van der Waals surface area contributed by atoms with Crippen LogP contribution in [-0.4, -0.2) is 18.2 Å². The van der Waals surface area contributed by atoms with Crippen LogP contribution < -0.4 is 10.2 Å². The minimum absolute atomic E-state index is 0.108.